The van der Waals surface area contributed by atoms with Gasteiger partial charge in [-0.15, -0.1) is 0 Å². The summed E-state index contributed by atoms with van der Waals surface area (Å²) in [5.74, 6) is -0.0926. The maximum Gasteiger partial charge on any atom is 0.251 e. The highest BCUT2D eigenvalue weighted by Gasteiger charge is 2.32. The van der Waals surface area contributed by atoms with Gasteiger partial charge >= 0.3 is 0 Å². The lowest BCUT2D eigenvalue weighted by Gasteiger charge is -2.36. The monoisotopic (exact) mass is 609 g/mol. The molecule has 1 aromatic heterocycles. The predicted octanol–water partition coefficient (Wildman–Crippen LogP) is 7.37. The number of aromatic nitrogens is 2. The summed E-state index contributed by atoms with van der Waals surface area (Å²) in [5, 5.41) is 12.5. The molecule has 1 fully saturated rings. The smallest absolute Gasteiger partial charge is 0.251 e. The van der Waals surface area contributed by atoms with Crippen LogP contribution in [0.1, 0.15) is 51.4 Å². The Morgan fingerprint density at radius 1 is 0.783 bits per heavy atom. The summed E-state index contributed by atoms with van der Waals surface area (Å²) < 4.78 is 15.3. The van der Waals surface area contributed by atoms with E-state index in [9.17, 15) is 9.90 Å². The van der Waals surface area contributed by atoms with Gasteiger partial charge in [-0.3, -0.25) is 4.79 Å². The molecule has 1 aliphatic rings. The second-order valence-electron chi connectivity index (χ2n) is 11.6. The zero-order chi connectivity index (χ0) is 31.3. The third-order valence-corrected chi connectivity index (χ3v) is 8.47. The van der Waals surface area contributed by atoms with E-state index in [4.69, 9.17) is 9.47 Å². The van der Waals surface area contributed by atoms with Crippen LogP contribution >= 0.6 is 0 Å². The number of para-hydroxylation sites is 2. The molecule has 7 nitrogen and oxygen atoms in total. The van der Waals surface area contributed by atoms with E-state index in [1.807, 2.05) is 91.3 Å². The molecule has 0 unspecified atom stereocenters. The van der Waals surface area contributed by atoms with Crippen molar-refractivity contribution in [2.45, 2.75) is 44.6 Å². The lowest BCUT2D eigenvalue weighted by Crippen LogP contribution is -2.32. The molecule has 1 amide bonds. The zero-order valence-electron chi connectivity index (χ0n) is 25.3. The van der Waals surface area contributed by atoms with Crippen molar-refractivity contribution in [2.24, 2.45) is 0 Å². The average molecular weight is 610 g/mol. The van der Waals surface area contributed by atoms with E-state index in [1.54, 1.807) is 0 Å². The largest absolute Gasteiger partial charge is 0.392 e. The van der Waals surface area contributed by atoms with Gasteiger partial charge in [0.25, 0.3) is 5.91 Å². The van der Waals surface area contributed by atoms with E-state index in [0.717, 1.165) is 44.4 Å². The van der Waals surface area contributed by atoms with Gasteiger partial charge in [0.1, 0.15) is 0 Å². The topological polar surface area (TPSA) is 85.6 Å². The Balaban J connectivity index is 1.09. The van der Waals surface area contributed by atoms with Crippen molar-refractivity contribution in [2.75, 3.05) is 0 Å². The summed E-state index contributed by atoms with van der Waals surface area (Å²) in [7, 11) is 0. The molecule has 0 saturated carbocycles. The molecule has 0 bridgehead atoms. The molecule has 3 atom stereocenters. The van der Waals surface area contributed by atoms with Crippen LogP contribution in [0, 0.1) is 0 Å². The van der Waals surface area contributed by atoms with Crippen molar-refractivity contribution >= 4 is 16.9 Å². The van der Waals surface area contributed by atoms with Crippen molar-refractivity contribution in [1.82, 2.24) is 14.9 Å². The van der Waals surface area contributed by atoms with E-state index in [-0.39, 0.29) is 24.7 Å². The van der Waals surface area contributed by atoms with Crippen molar-refractivity contribution in [1.29, 1.82) is 0 Å². The normalized spacial score (nSPS) is 18.0. The molecule has 2 heterocycles. The number of nitrogens with zero attached hydrogens (tertiary/aromatic N) is 2. The van der Waals surface area contributed by atoms with E-state index < -0.39 is 6.29 Å². The van der Waals surface area contributed by atoms with Crippen molar-refractivity contribution in [3.63, 3.8) is 0 Å². The molecular formula is C39H35N3O4. The number of carbonyl (C=O) groups excluding carboxylic acids is 1. The number of carbonyl (C=O) groups is 1. The SMILES string of the molecule is O=C(NCc1cccc(-c2ccc([C@H]3O[C@@H](Cn4cnc5ccccc54)C[C@@H](c4ccc(CO)cc4)O3)cc2)c1)c1ccccc1. The molecule has 230 valence electrons. The first-order chi connectivity index (χ1) is 22.6. The molecule has 7 rings (SSSR count). The fraction of sp³-hybridized carbons (Fsp3) is 0.179. The van der Waals surface area contributed by atoms with E-state index in [2.05, 4.69) is 57.3 Å². The molecule has 0 aliphatic carbocycles. The molecule has 7 heteroatoms. The fourth-order valence-corrected chi connectivity index (χ4v) is 5.98. The summed E-state index contributed by atoms with van der Waals surface area (Å²) >= 11 is 0. The first-order valence-electron chi connectivity index (χ1n) is 15.6. The van der Waals surface area contributed by atoms with Crippen LogP contribution in [0.15, 0.2) is 134 Å². The highest BCUT2D eigenvalue weighted by Crippen LogP contribution is 2.39. The number of fused-ring (bicyclic) bond motifs is 1. The Morgan fingerprint density at radius 3 is 2.35 bits per heavy atom. The summed E-state index contributed by atoms with van der Waals surface area (Å²) in [6.45, 7) is 1.10. The molecule has 2 N–H and O–H groups in total. The van der Waals surface area contributed by atoms with Crippen molar-refractivity contribution < 1.29 is 19.4 Å². The zero-order valence-corrected chi connectivity index (χ0v) is 25.3. The highest BCUT2D eigenvalue weighted by atomic mass is 16.7. The molecule has 5 aromatic carbocycles. The minimum atomic E-state index is -0.551. The Bertz CT molecular complexity index is 1920. The Kier molecular flexibility index (Phi) is 8.69. The maximum absolute atomic E-state index is 12.5. The van der Waals surface area contributed by atoms with Crippen LogP contribution in [-0.2, 0) is 29.2 Å². The van der Waals surface area contributed by atoms with Gasteiger partial charge < -0.3 is 24.5 Å². The summed E-state index contributed by atoms with van der Waals surface area (Å²) in [6, 6.07) is 41.8. The Hall–Kier alpha value is -5.08. The van der Waals surface area contributed by atoms with Gasteiger partial charge in [-0.2, -0.15) is 0 Å². The summed E-state index contributed by atoms with van der Waals surface area (Å²) in [6.07, 6.45) is 1.73. The number of aliphatic hydroxyl groups excluding tert-OH is 1. The third kappa shape index (κ3) is 6.62. The van der Waals surface area contributed by atoms with Crippen LogP contribution in [0.4, 0.5) is 0 Å². The maximum atomic E-state index is 12.5. The van der Waals surface area contributed by atoms with Crippen LogP contribution < -0.4 is 5.32 Å². The average Bonchev–Trinajstić information content (AvgIpc) is 3.53. The fourth-order valence-electron chi connectivity index (χ4n) is 5.98. The minimum absolute atomic E-state index is 0.00541. The number of aliphatic hydroxyl groups is 1. The van der Waals surface area contributed by atoms with Crippen molar-refractivity contribution in [3.05, 3.63) is 162 Å². The van der Waals surface area contributed by atoms with Gasteiger partial charge in [-0.1, -0.05) is 97.1 Å². The Morgan fingerprint density at radius 2 is 1.54 bits per heavy atom. The third-order valence-electron chi connectivity index (χ3n) is 8.47. The number of benzene rings is 5. The second-order valence-corrected chi connectivity index (χ2v) is 11.6. The molecule has 1 saturated heterocycles. The number of hydrogen-bond donors (Lipinski definition) is 2. The van der Waals surface area contributed by atoms with Gasteiger partial charge in [-0.25, -0.2) is 4.98 Å². The number of rotatable bonds is 9. The van der Waals surface area contributed by atoms with Crippen LogP contribution in [-0.4, -0.2) is 26.7 Å². The van der Waals surface area contributed by atoms with E-state index in [1.165, 1.54) is 0 Å². The number of ether oxygens (including phenoxy) is 2. The molecule has 6 aromatic rings. The van der Waals surface area contributed by atoms with Crippen LogP contribution in [0.5, 0.6) is 0 Å². The van der Waals surface area contributed by atoms with Crippen LogP contribution in [0.2, 0.25) is 0 Å². The molecule has 0 radical (unpaired) electrons. The lowest BCUT2D eigenvalue weighted by molar-refractivity contribution is -0.252. The quantitative estimate of drug-likeness (QED) is 0.179. The van der Waals surface area contributed by atoms with Gasteiger partial charge in [0.05, 0.1) is 42.7 Å². The van der Waals surface area contributed by atoms with Gasteiger partial charge in [-0.05, 0) is 58.1 Å². The highest BCUT2D eigenvalue weighted by molar-refractivity contribution is 5.94. The van der Waals surface area contributed by atoms with Gasteiger partial charge in [0.2, 0.25) is 0 Å². The minimum Gasteiger partial charge on any atom is -0.392 e. The number of nitrogens with one attached hydrogen (secondary N) is 1. The van der Waals surface area contributed by atoms with Gasteiger partial charge in [0.15, 0.2) is 6.29 Å². The summed E-state index contributed by atoms with van der Waals surface area (Å²) in [4.78, 5) is 17.1. The lowest BCUT2D eigenvalue weighted by atomic mass is 9.99. The molecular weight excluding hydrogens is 574 g/mol. The molecule has 0 spiro atoms. The number of hydrogen-bond acceptors (Lipinski definition) is 5. The van der Waals surface area contributed by atoms with Crippen LogP contribution in [0.25, 0.3) is 22.2 Å². The number of imidazole rings is 1. The Labute approximate surface area is 268 Å². The van der Waals surface area contributed by atoms with Crippen molar-refractivity contribution in [3.8, 4) is 11.1 Å². The van der Waals surface area contributed by atoms with E-state index >= 15 is 0 Å². The van der Waals surface area contributed by atoms with E-state index in [0.29, 0.717) is 25.1 Å². The molecule has 1 aliphatic heterocycles. The molecule has 46 heavy (non-hydrogen) atoms. The van der Waals surface area contributed by atoms with Gasteiger partial charge in [0, 0.05) is 24.1 Å². The predicted molar refractivity (Wildman–Crippen MR) is 178 cm³/mol. The summed E-state index contributed by atoms with van der Waals surface area (Å²) in [5.41, 5.74) is 8.69. The first-order valence-corrected chi connectivity index (χ1v) is 15.6. The second kappa shape index (κ2) is 13.5. The van der Waals surface area contributed by atoms with Crippen LogP contribution in [0.3, 0.4) is 0 Å². The first kappa shape index (κ1) is 29.6. The number of amides is 1. The standard InChI is InChI=1S/C39H35N3O4/c43-25-27-13-15-30(16-14-27)37-22-34(24-42-26-41-35-11-4-5-12-36(35)42)45-39(46-37)32-19-17-29(18-20-32)33-10-6-7-28(21-33)23-40-38(44)31-8-2-1-3-9-31/h1-21,26,34,37,39,43H,22-25H2,(H,40,44)/t34-,37+,39+/m1/s1.